The number of carbonyl (C=O) groups is 1. The van der Waals surface area contributed by atoms with Crippen molar-refractivity contribution in [2.24, 2.45) is 0 Å². The Hall–Kier alpha value is -1.33. The second-order valence-corrected chi connectivity index (χ2v) is 3.88. The zero-order valence-corrected chi connectivity index (χ0v) is 9.41. The van der Waals surface area contributed by atoms with Crippen LogP contribution in [0.1, 0.15) is 10.5 Å². The van der Waals surface area contributed by atoms with Crippen LogP contribution in [-0.2, 0) is 4.74 Å². The van der Waals surface area contributed by atoms with Gasteiger partial charge in [0.25, 0.3) is 5.91 Å². The van der Waals surface area contributed by atoms with Gasteiger partial charge in [0.15, 0.2) is 0 Å². The van der Waals surface area contributed by atoms with E-state index in [1.807, 2.05) is 0 Å². The van der Waals surface area contributed by atoms with E-state index in [1.54, 1.807) is 17.0 Å². The number of aromatic nitrogens is 1. The molecule has 0 unspecified atom stereocenters. The highest BCUT2D eigenvalue weighted by Crippen LogP contribution is 2.17. The molecule has 0 saturated carbocycles. The summed E-state index contributed by atoms with van der Waals surface area (Å²) in [5.41, 5.74) is 5.74. The maximum absolute atomic E-state index is 12.0. The molecule has 1 aliphatic rings. The molecule has 2 rings (SSSR count). The Labute approximate surface area is 98.1 Å². The van der Waals surface area contributed by atoms with Crippen LogP contribution in [0.2, 0.25) is 5.02 Å². The highest BCUT2D eigenvalue weighted by Gasteiger charge is 2.21. The number of nitrogen functional groups attached to an aromatic ring is 1. The van der Waals surface area contributed by atoms with Crippen LogP contribution in [0.15, 0.2) is 12.1 Å². The minimum absolute atomic E-state index is 0.194. The third-order valence-corrected chi connectivity index (χ3v) is 2.67. The van der Waals surface area contributed by atoms with Crippen LogP contribution in [-0.4, -0.2) is 42.1 Å². The fourth-order valence-electron chi connectivity index (χ4n) is 1.52. The number of morpholine rings is 1. The predicted octanol–water partition coefficient (Wildman–Crippen LogP) is 0.790. The number of amides is 1. The molecule has 5 nitrogen and oxygen atoms in total. The van der Waals surface area contributed by atoms with E-state index in [1.165, 1.54) is 0 Å². The molecule has 1 aromatic heterocycles. The van der Waals surface area contributed by atoms with E-state index >= 15 is 0 Å². The molecule has 1 aliphatic heterocycles. The topological polar surface area (TPSA) is 68.5 Å². The van der Waals surface area contributed by atoms with Gasteiger partial charge in [-0.1, -0.05) is 11.6 Å². The molecule has 0 radical (unpaired) electrons. The van der Waals surface area contributed by atoms with Crippen LogP contribution < -0.4 is 5.73 Å². The third-order valence-electron chi connectivity index (χ3n) is 2.37. The van der Waals surface area contributed by atoms with Gasteiger partial charge in [0.05, 0.1) is 18.2 Å². The van der Waals surface area contributed by atoms with E-state index in [0.29, 0.717) is 37.1 Å². The number of nitrogens with two attached hydrogens (primary N) is 1. The molecule has 0 atom stereocenters. The van der Waals surface area contributed by atoms with E-state index in [-0.39, 0.29) is 11.6 Å². The van der Waals surface area contributed by atoms with Crippen molar-refractivity contribution in [3.8, 4) is 0 Å². The summed E-state index contributed by atoms with van der Waals surface area (Å²) in [5.74, 6) is 0.0987. The maximum Gasteiger partial charge on any atom is 0.274 e. The first-order chi connectivity index (χ1) is 7.68. The highest BCUT2D eigenvalue weighted by molar-refractivity contribution is 6.33. The molecule has 1 saturated heterocycles. The van der Waals surface area contributed by atoms with Gasteiger partial charge in [-0.25, -0.2) is 4.98 Å². The Morgan fingerprint density at radius 2 is 2.12 bits per heavy atom. The van der Waals surface area contributed by atoms with Crippen molar-refractivity contribution in [3.63, 3.8) is 0 Å². The van der Waals surface area contributed by atoms with Crippen molar-refractivity contribution in [2.75, 3.05) is 32.0 Å². The van der Waals surface area contributed by atoms with Gasteiger partial charge in [0, 0.05) is 13.1 Å². The van der Waals surface area contributed by atoms with E-state index in [2.05, 4.69) is 4.98 Å². The molecule has 0 bridgehead atoms. The molecule has 0 aromatic carbocycles. The van der Waals surface area contributed by atoms with Crippen molar-refractivity contribution in [2.45, 2.75) is 0 Å². The lowest BCUT2D eigenvalue weighted by Crippen LogP contribution is -2.41. The summed E-state index contributed by atoms with van der Waals surface area (Å²) in [6.45, 7) is 2.22. The summed E-state index contributed by atoms with van der Waals surface area (Å²) in [5, 5.41) is 0.325. The average Bonchev–Trinajstić information content (AvgIpc) is 2.32. The second kappa shape index (κ2) is 4.67. The van der Waals surface area contributed by atoms with Gasteiger partial charge in [0.2, 0.25) is 0 Å². The summed E-state index contributed by atoms with van der Waals surface area (Å²) in [6.07, 6.45) is 0. The van der Waals surface area contributed by atoms with Gasteiger partial charge in [-0.2, -0.15) is 0 Å². The number of pyridine rings is 1. The van der Waals surface area contributed by atoms with Gasteiger partial charge in [-0.05, 0) is 12.1 Å². The Bertz CT molecular complexity index is 405. The molecule has 2 heterocycles. The summed E-state index contributed by atoms with van der Waals surface area (Å²) in [7, 11) is 0. The lowest BCUT2D eigenvalue weighted by atomic mass is 10.3. The third kappa shape index (κ3) is 2.25. The standard InChI is InChI=1S/C10H12ClN3O2/c11-7-1-2-8(12)13-9(7)10(15)14-3-5-16-6-4-14/h1-2H,3-6H2,(H2,12,13). The Balaban J connectivity index is 2.22. The first-order valence-corrected chi connectivity index (χ1v) is 5.35. The molecule has 86 valence electrons. The van der Waals surface area contributed by atoms with Gasteiger partial charge >= 0.3 is 0 Å². The average molecular weight is 242 g/mol. The van der Waals surface area contributed by atoms with Crippen LogP contribution >= 0.6 is 11.6 Å². The van der Waals surface area contributed by atoms with E-state index < -0.39 is 0 Å². The number of carbonyl (C=O) groups excluding carboxylic acids is 1. The van der Waals surface area contributed by atoms with E-state index in [4.69, 9.17) is 22.1 Å². The Kier molecular flexibility index (Phi) is 3.26. The van der Waals surface area contributed by atoms with Crippen LogP contribution in [0.5, 0.6) is 0 Å². The quantitative estimate of drug-likeness (QED) is 0.789. The zero-order chi connectivity index (χ0) is 11.5. The van der Waals surface area contributed by atoms with E-state index in [0.717, 1.165) is 0 Å². The van der Waals surface area contributed by atoms with Gasteiger partial charge in [0.1, 0.15) is 11.5 Å². The number of hydrogen-bond acceptors (Lipinski definition) is 4. The van der Waals surface area contributed by atoms with Crippen LogP contribution in [0.25, 0.3) is 0 Å². The lowest BCUT2D eigenvalue weighted by molar-refractivity contribution is 0.0299. The SMILES string of the molecule is Nc1ccc(Cl)c(C(=O)N2CCOCC2)n1. The van der Waals surface area contributed by atoms with Crippen molar-refractivity contribution in [3.05, 3.63) is 22.8 Å². The monoisotopic (exact) mass is 241 g/mol. The minimum Gasteiger partial charge on any atom is -0.384 e. The highest BCUT2D eigenvalue weighted by atomic mass is 35.5. The number of halogens is 1. The van der Waals surface area contributed by atoms with Crippen LogP contribution in [0.3, 0.4) is 0 Å². The molecule has 6 heteroatoms. The van der Waals surface area contributed by atoms with Crippen molar-refractivity contribution in [1.29, 1.82) is 0 Å². The van der Waals surface area contributed by atoms with Gasteiger partial charge in [-0.3, -0.25) is 4.79 Å². The predicted molar refractivity (Wildman–Crippen MR) is 60.4 cm³/mol. The Morgan fingerprint density at radius 1 is 1.44 bits per heavy atom. The van der Waals surface area contributed by atoms with Crippen LogP contribution in [0, 0.1) is 0 Å². The lowest BCUT2D eigenvalue weighted by Gasteiger charge is -2.26. The van der Waals surface area contributed by atoms with Crippen molar-refractivity contribution in [1.82, 2.24) is 9.88 Å². The molecule has 0 aliphatic carbocycles. The largest absolute Gasteiger partial charge is 0.384 e. The maximum atomic E-state index is 12.0. The number of nitrogens with zero attached hydrogens (tertiary/aromatic N) is 2. The molecule has 1 aromatic rings. The van der Waals surface area contributed by atoms with Gasteiger partial charge in [-0.15, -0.1) is 0 Å². The number of ether oxygens (including phenoxy) is 1. The molecule has 0 spiro atoms. The van der Waals surface area contributed by atoms with Crippen LogP contribution in [0.4, 0.5) is 5.82 Å². The summed E-state index contributed by atoms with van der Waals surface area (Å²) < 4.78 is 5.17. The molecular weight excluding hydrogens is 230 g/mol. The smallest absolute Gasteiger partial charge is 0.274 e. The molecular formula is C10H12ClN3O2. The summed E-state index contributed by atoms with van der Waals surface area (Å²) in [4.78, 5) is 17.7. The second-order valence-electron chi connectivity index (χ2n) is 3.47. The number of rotatable bonds is 1. The normalized spacial score (nSPS) is 16.2. The molecule has 1 amide bonds. The zero-order valence-electron chi connectivity index (χ0n) is 8.65. The molecule has 16 heavy (non-hydrogen) atoms. The van der Waals surface area contributed by atoms with E-state index in [9.17, 15) is 4.79 Å². The molecule has 1 fully saturated rings. The number of anilines is 1. The summed E-state index contributed by atoms with van der Waals surface area (Å²) >= 11 is 5.91. The first-order valence-electron chi connectivity index (χ1n) is 4.97. The Morgan fingerprint density at radius 3 is 2.81 bits per heavy atom. The van der Waals surface area contributed by atoms with Crippen molar-refractivity contribution < 1.29 is 9.53 Å². The van der Waals surface area contributed by atoms with Crippen molar-refractivity contribution >= 4 is 23.3 Å². The fraction of sp³-hybridized carbons (Fsp3) is 0.400. The molecule has 2 N–H and O–H groups in total. The summed E-state index contributed by atoms with van der Waals surface area (Å²) in [6, 6.07) is 3.15. The number of hydrogen-bond donors (Lipinski definition) is 1. The minimum atomic E-state index is -0.194. The van der Waals surface area contributed by atoms with Gasteiger partial charge < -0.3 is 15.4 Å². The first kappa shape index (κ1) is 11.2. The fourth-order valence-corrected chi connectivity index (χ4v) is 1.71.